The lowest BCUT2D eigenvalue weighted by Crippen LogP contribution is -2.10. The molecule has 0 fully saturated rings. The summed E-state index contributed by atoms with van der Waals surface area (Å²) in [6.07, 6.45) is 0.559. The molecule has 5 rings (SSSR count). The predicted molar refractivity (Wildman–Crippen MR) is 129 cm³/mol. The van der Waals surface area contributed by atoms with Gasteiger partial charge in [-0.3, -0.25) is 14.9 Å². The fourth-order valence-electron chi connectivity index (χ4n) is 3.69. The van der Waals surface area contributed by atoms with Crippen molar-refractivity contribution < 1.29 is 23.3 Å². The smallest absolute Gasteiger partial charge is 0.291 e. The number of hydrogen-bond donors (Lipinski definition) is 1. The number of nitro groups is 1. The number of benzene rings is 3. The van der Waals surface area contributed by atoms with Crippen molar-refractivity contribution in [3.8, 4) is 17.1 Å². The lowest BCUT2D eigenvalue weighted by molar-refractivity contribution is -0.384. The Hall–Kier alpha value is -4.92. The minimum absolute atomic E-state index is 0.00938. The van der Waals surface area contributed by atoms with Gasteiger partial charge < -0.3 is 18.9 Å². The Morgan fingerprint density at radius 3 is 2.63 bits per heavy atom. The van der Waals surface area contributed by atoms with E-state index in [0.29, 0.717) is 34.8 Å². The molecule has 0 saturated heterocycles. The summed E-state index contributed by atoms with van der Waals surface area (Å²) in [6.45, 7) is 0. The van der Waals surface area contributed by atoms with Gasteiger partial charge in [-0.15, -0.1) is 0 Å². The van der Waals surface area contributed by atoms with E-state index in [1.807, 2.05) is 30.3 Å². The van der Waals surface area contributed by atoms with Crippen LogP contribution < -0.4 is 10.1 Å². The molecule has 3 aromatic carbocycles. The van der Waals surface area contributed by atoms with Crippen LogP contribution in [0.4, 0.5) is 11.4 Å². The van der Waals surface area contributed by atoms with Gasteiger partial charge in [0.25, 0.3) is 11.6 Å². The highest BCUT2D eigenvalue weighted by Crippen LogP contribution is 2.34. The van der Waals surface area contributed by atoms with Crippen LogP contribution in [0.2, 0.25) is 0 Å². The molecule has 35 heavy (non-hydrogen) atoms. The normalized spacial score (nSPS) is 10.9. The zero-order valence-corrected chi connectivity index (χ0v) is 18.6. The van der Waals surface area contributed by atoms with Gasteiger partial charge in [0.2, 0.25) is 0 Å². The summed E-state index contributed by atoms with van der Waals surface area (Å²) in [7, 11) is 1.43. The van der Waals surface area contributed by atoms with Crippen LogP contribution in [-0.4, -0.2) is 22.9 Å². The van der Waals surface area contributed by atoms with E-state index in [4.69, 9.17) is 13.6 Å². The van der Waals surface area contributed by atoms with Crippen LogP contribution in [0.1, 0.15) is 22.0 Å². The van der Waals surface area contributed by atoms with E-state index in [-0.39, 0.29) is 22.8 Å². The average Bonchev–Trinajstić information content (AvgIpc) is 3.51. The van der Waals surface area contributed by atoms with Gasteiger partial charge in [-0.2, -0.15) is 0 Å². The van der Waals surface area contributed by atoms with Gasteiger partial charge in [0.15, 0.2) is 17.2 Å². The van der Waals surface area contributed by atoms with Crippen molar-refractivity contribution in [1.82, 2.24) is 4.98 Å². The molecular formula is C26H19N3O6. The number of amides is 1. The Labute approximate surface area is 199 Å². The van der Waals surface area contributed by atoms with Crippen LogP contribution in [0, 0.1) is 10.1 Å². The molecule has 174 valence electrons. The molecule has 0 unspecified atom stereocenters. The minimum Gasteiger partial charge on any atom is -0.497 e. The molecule has 9 heteroatoms. The second kappa shape index (κ2) is 9.14. The first-order valence-electron chi connectivity index (χ1n) is 10.7. The number of carbonyl (C=O) groups is 1. The molecule has 0 aliphatic carbocycles. The summed E-state index contributed by atoms with van der Waals surface area (Å²) in [5.41, 5.74) is 2.87. The van der Waals surface area contributed by atoms with Gasteiger partial charge in [0.05, 0.1) is 23.7 Å². The van der Waals surface area contributed by atoms with Crippen LogP contribution in [0.3, 0.4) is 0 Å². The van der Waals surface area contributed by atoms with Gasteiger partial charge in [-0.1, -0.05) is 30.3 Å². The SMILES string of the molecule is COc1ccc(-c2ccc(C(=O)Nc3ccc4oc(Cc5ccccc5)nc4c3)o2)c([N+](=O)[O-])c1. The Bertz CT molecular complexity index is 1540. The van der Waals surface area contributed by atoms with Crippen molar-refractivity contribution in [2.24, 2.45) is 0 Å². The minimum atomic E-state index is -0.528. The number of carbonyl (C=O) groups excluding carboxylic acids is 1. The maximum absolute atomic E-state index is 12.8. The van der Waals surface area contributed by atoms with E-state index in [9.17, 15) is 14.9 Å². The monoisotopic (exact) mass is 469 g/mol. The Kier molecular flexibility index (Phi) is 5.72. The molecule has 2 aromatic heterocycles. The third-order valence-electron chi connectivity index (χ3n) is 5.38. The van der Waals surface area contributed by atoms with Crippen LogP contribution in [0.5, 0.6) is 5.75 Å². The molecule has 0 aliphatic heterocycles. The second-order valence-electron chi connectivity index (χ2n) is 7.71. The highest BCUT2D eigenvalue weighted by molar-refractivity contribution is 6.03. The molecular weight excluding hydrogens is 450 g/mol. The maximum Gasteiger partial charge on any atom is 0.291 e. The quantitative estimate of drug-likeness (QED) is 0.234. The van der Waals surface area contributed by atoms with Crippen LogP contribution in [0.15, 0.2) is 87.7 Å². The first kappa shape index (κ1) is 21.9. The molecule has 1 N–H and O–H groups in total. The number of nitrogens with one attached hydrogen (secondary N) is 1. The van der Waals surface area contributed by atoms with Crippen molar-refractivity contribution in [1.29, 1.82) is 0 Å². The van der Waals surface area contributed by atoms with Crippen molar-refractivity contribution in [3.63, 3.8) is 0 Å². The first-order valence-corrected chi connectivity index (χ1v) is 10.7. The van der Waals surface area contributed by atoms with Crippen LogP contribution in [-0.2, 0) is 6.42 Å². The van der Waals surface area contributed by atoms with E-state index >= 15 is 0 Å². The molecule has 0 bridgehead atoms. The van der Waals surface area contributed by atoms with E-state index < -0.39 is 10.8 Å². The zero-order chi connectivity index (χ0) is 24.4. The lowest BCUT2D eigenvalue weighted by Gasteiger charge is -2.04. The Balaban J connectivity index is 1.34. The molecule has 0 aliphatic rings. The van der Waals surface area contributed by atoms with Crippen molar-refractivity contribution in [2.75, 3.05) is 12.4 Å². The van der Waals surface area contributed by atoms with E-state index in [2.05, 4.69) is 10.3 Å². The topological polar surface area (TPSA) is 121 Å². The summed E-state index contributed by atoms with van der Waals surface area (Å²) in [4.78, 5) is 28.2. The number of nitro benzene ring substituents is 1. The largest absolute Gasteiger partial charge is 0.497 e. The van der Waals surface area contributed by atoms with E-state index in [0.717, 1.165) is 5.56 Å². The number of aromatic nitrogens is 1. The van der Waals surface area contributed by atoms with E-state index in [1.165, 1.54) is 31.4 Å². The van der Waals surface area contributed by atoms with Crippen molar-refractivity contribution in [2.45, 2.75) is 6.42 Å². The molecule has 0 radical (unpaired) electrons. The zero-order valence-electron chi connectivity index (χ0n) is 18.6. The predicted octanol–water partition coefficient (Wildman–Crippen LogP) is 5.85. The van der Waals surface area contributed by atoms with Gasteiger partial charge in [-0.25, -0.2) is 4.98 Å². The Morgan fingerprint density at radius 1 is 1.03 bits per heavy atom. The molecule has 2 heterocycles. The van der Waals surface area contributed by atoms with Gasteiger partial charge in [0, 0.05) is 12.1 Å². The Morgan fingerprint density at radius 2 is 1.86 bits per heavy atom. The van der Waals surface area contributed by atoms with Crippen LogP contribution >= 0.6 is 0 Å². The van der Waals surface area contributed by atoms with Gasteiger partial charge in [0.1, 0.15) is 17.0 Å². The standard InChI is InChI=1S/C26H19N3O6/c1-33-18-8-9-19(21(15-18)29(31)32)22-11-12-24(34-22)26(30)27-17-7-10-23-20(14-17)28-25(35-23)13-16-5-3-2-4-6-16/h2-12,14-15H,13H2,1H3,(H,27,30). The summed E-state index contributed by atoms with van der Waals surface area (Å²) >= 11 is 0. The third-order valence-corrected chi connectivity index (χ3v) is 5.38. The number of methoxy groups -OCH3 is 1. The molecule has 5 aromatic rings. The molecule has 1 amide bonds. The maximum atomic E-state index is 12.8. The fraction of sp³-hybridized carbons (Fsp3) is 0.0769. The summed E-state index contributed by atoms with van der Waals surface area (Å²) in [5.74, 6) is 0.628. The number of fused-ring (bicyclic) bond motifs is 1. The van der Waals surface area contributed by atoms with E-state index in [1.54, 1.807) is 24.3 Å². The summed E-state index contributed by atoms with van der Waals surface area (Å²) in [5, 5.41) is 14.2. The van der Waals surface area contributed by atoms with Gasteiger partial charge >= 0.3 is 0 Å². The fourth-order valence-corrected chi connectivity index (χ4v) is 3.69. The molecule has 0 atom stereocenters. The number of oxazole rings is 1. The summed E-state index contributed by atoms with van der Waals surface area (Å²) < 4.78 is 16.5. The molecule has 9 nitrogen and oxygen atoms in total. The number of nitrogens with zero attached hydrogens (tertiary/aromatic N) is 2. The summed E-state index contributed by atoms with van der Waals surface area (Å²) in [6, 6.07) is 22.4. The highest BCUT2D eigenvalue weighted by atomic mass is 16.6. The average molecular weight is 469 g/mol. The van der Waals surface area contributed by atoms with Gasteiger partial charge in [-0.05, 0) is 48.0 Å². The third kappa shape index (κ3) is 4.60. The number of ether oxygens (including phenoxy) is 1. The van der Waals surface area contributed by atoms with Crippen LogP contribution in [0.25, 0.3) is 22.4 Å². The molecule has 0 saturated carbocycles. The molecule has 0 spiro atoms. The first-order chi connectivity index (χ1) is 17.0. The number of hydrogen-bond acceptors (Lipinski definition) is 7. The number of furan rings is 1. The highest BCUT2D eigenvalue weighted by Gasteiger charge is 2.21. The van der Waals surface area contributed by atoms with Crippen molar-refractivity contribution >= 4 is 28.4 Å². The number of anilines is 1. The lowest BCUT2D eigenvalue weighted by atomic mass is 10.1. The van der Waals surface area contributed by atoms with Crippen molar-refractivity contribution in [3.05, 3.63) is 106 Å². The second-order valence-corrected chi connectivity index (χ2v) is 7.71. The number of rotatable bonds is 7.